The molecule has 0 amide bonds. The van der Waals surface area contributed by atoms with Crippen molar-refractivity contribution >= 4 is 17.1 Å². The third-order valence-electron chi connectivity index (χ3n) is 2.69. The van der Waals surface area contributed by atoms with E-state index < -0.39 is 4.92 Å². The maximum absolute atomic E-state index is 10.9. The van der Waals surface area contributed by atoms with Crippen molar-refractivity contribution in [1.82, 2.24) is 0 Å². The summed E-state index contributed by atoms with van der Waals surface area (Å²) in [7, 11) is 1.82. The fourth-order valence-electron chi connectivity index (χ4n) is 1.64. The van der Waals surface area contributed by atoms with Crippen molar-refractivity contribution < 1.29 is 4.92 Å². The van der Waals surface area contributed by atoms with Gasteiger partial charge in [-0.2, -0.15) is 5.26 Å². The minimum atomic E-state index is -0.404. The van der Waals surface area contributed by atoms with Crippen LogP contribution in [0.3, 0.4) is 0 Å². The van der Waals surface area contributed by atoms with Gasteiger partial charge in [-0.05, 0) is 12.5 Å². The quantitative estimate of drug-likeness (QED) is 0.603. The molecule has 0 aliphatic rings. The Balaban J connectivity index is 2.98. The number of nitrogens with one attached hydrogen (secondary N) is 1. The number of nitro benzene ring substituents is 1. The number of anilines is 2. The predicted octanol–water partition coefficient (Wildman–Crippen LogP) is 2.77. The summed E-state index contributed by atoms with van der Waals surface area (Å²) in [5.74, 6) is 0. The van der Waals surface area contributed by atoms with Crippen LogP contribution in [0.5, 0.6) is 0 Å². The summed E-state index contributed by atoms with van der Waals surface area (Å²) >= 11 is 0. The number of hydrogen-bond donors (Lipinski definition) is 1. The Morgan fingerprint density at radius 1 is 1.47 bits per heavy atom. The average Bonchev–Trinajstić information content (AvgIpc) is 2.42. The van der Waals surface area contributed by atoms with Gasteiger partial charge in [0.2, 0.25) is 0 Å². The molecule has 1 N–H and O–H groups in total. The van der Waals surface area contributed by atoms with Crippen LogP contribution >= 0.6 is 0 Å². The summed E-state index contributed by atoms with van der Waals surface area (Å²) < 4.78 is 0. The Labute approximate surface area is 112 Å². The first-order valence-corrected chi connectivity index (χ1v) is 6.20. The van der Waals surface area contributed by atoms with E-state index in [0.29, 0.717) is 13.0 Å². The molecule has 0 bridgehead atoms. The van der Waals surface area contributed by atoms with E-state index >= 15 is 0 Å². The zero-order valence-electron chi connectivity index (χ0n) is 11.2. The van der Waals surface area contributed by atoms with E-state index in [4.69, 9.17) is 5.26 Å². The normalized spacial score (nSPS) is 9.74. The molecule has 0 heterocycles. The molecule has 1 aromatic carbocycles. The molecule has 102 valence electrons. The van der Waals surface area contributed by atoms with Crippen LogP contribution in [0.4, 0.5) is 17.1 Å². The van der Waals surface area contributed by atoms with E-state index in [0.717, 1.165) is 24.3 Å². The highest BCUT2D eigenvalue weighted by molar-refractivity contribution is 5.64. The first-order valence-electron chi connectivity index (χ1n) is 6.20. The summed E-state index contributed by atoms with van der Waals surface area (Å²) in [6.45, 7) is 3.34. The minimum absolute atomic E-state index is 0.0555. The van der Waals surface area contributed by atoms with Crippen LogP contribution in [-0.2, 0) is 0 Å². The molecular formula is C13H18N4O2. The van der Waals surface area contributed by atoms with Crippen molar-refractivity contribution in [2.75, 3.05) is 30.4 Å². The largest absolute Gasteiger partial charge is 0.385 e. The molecule has 6 nitrogen and oxygen atoms in total. The Kier molecular flexibility index (Phi) is 5.61. The predicted molar refractivity (Wildman–Crippen MR) is 75.4 cm³/mol. The van der Waals surface area contributed by atoms with Crippen LogP contribution in [0.25, 0.3) is 0 Å². The third-order valence-corrected chi connectivity index (χ3v) is 2.69. The molecule has 0 unspecified atom stereocenters. The molecule has 0 spiro atoms. The topological polar surface area (TPSA) is 82.2 Å². The van der Waals surface area contributed by atoms with Gasteiger partial charge in [-0.25, -0.2) is 0 Å². The highest BCUT2D eigenvalue weighted by Crippen LogP contribution is 2.26. The zero-order chi connectivity index (χ0) is 14.3. The molecule has 6 heteroatoms. The number of hydrogen-bond acceptors (Lipinski definition) is 5. The lowest BCUT2D eigenvalue weighted by atomic mass is 10.2. The first-order chi connectivity index (χ1) is 9.08. The van der Waals surface area contributed by atoms with Crippen molar-refractivity contribution in [2.24, 2.45) is 0 Å². The van der Waals surface area contributed by atoms with Gasteiger partial charge in [-0.3, -0.25) is 10.1 Å². The van der Waals surface area contributed by atoms with E-state index in [1.165, 1.54) is 12.1 Å². The molecule has 0 aromatic heterocycles. The van der Waals surface area contributed by atoms with E-state index in [-0.39, 0.29) is 5.69 Å². The summed E-state index contributed by atoms with van der Waals surface area (Å²) in [5.41, 5.74) is 1.53. The van der Waals surface area contributed by atoms with Gasteiger partial charge in [0.05, 0.1) is 17.4 Å². The maximum Gasteiger partial charge on any atom is 0.273 e. The summed E-state index contributed by atoms with van der Waals surface area (Å²) in [4.78, 5) is 12.4. The van der Waals surface area contributed by atoms with Crippen molar-refractivity contribution in [3.8, 4) is 6.07 Å². The molecule has 1 aromatic rings. The lowest BCUT2D eigenvalue weighted by Gasteiger charge is -2.18. The van der Waals surface area contributed by atoms with Crippen LogP contribution in [0, 0.1) is 21.4 Å². The summed E-state index contributed by atoms with van der Waals surface area (Å²) in [6, 6.07) is 6.97. The van der Waals surface area contributed by atoms with Crippen LogP contribution in [0.2, 0.25) is 0 Å². The molecule has 0 aliphatic heterocycles. The molecule has 19 heavy (non-hydrogen) atoms. The lowest BCUT2D eigenvalue weighted by molar-refractivity contribution is -0.384. The van der Waals surface area contributed by atoms with Crippen LogP contribution < -0.4 is 10.2 Å². The summed E-state index contributed by atoms with van der Waals surface area (Å²) in [6.07, 6.45) is 1.33. The Hall–Kier alpha value is -2.29. The number of rotatable bonds is 7. The Morgan fingerprint density at radius 3 is 2.79 bits per heavy atom. The van der Waals surface area contributed by atoms with Gasteiger partial charge in [-0.15, -0.1) is 0 Å². The summed E-state index contributed by atoms with van der Waals surface area (Å²) in [5, 5.41) is 22.6. The molecule has 0 radical (unpaired) electrons. The fraction of sp³-hybridized carbons (Fsp3) is 0.462. The highest BCUT2D eigenvalue weighted by atomic mass is 16.6. The number of nitro groups is 1. The van der Waals surface area contributed by atoms with Gasteiger partial charge in [0.15, 0.2) is 0 Å². The molecular weight excluding hydrogens is 244 g/mol. The van der Waals surface area contributed by atoms with Crippen LogP contribution in [0.1, 0.15) is 19.8 Å². The van der Waals surface area contributed by atoms with Gasteiger partial charge < -0.3 is 10.2 Å². The standard InChI is InChI=1S/C13H18N4O2/c1-3-6-15-11-8-12(16(2)7-4-5-14)10-13(9-11)17(18)19/h8-10,15H,3-4,6-7H2,1-2H3. The third kappa shape index (κ3) is 4.47. The monoisotopic (exact) mass is 262 g/mol. The SMILES string of the molecule is CCCNc1cc(N(C)CCC#N)cc([N+](=O)[O-])c1. The molecule has 0 saturated carbocycles. The van der Waals surface area contributed by atoms with E-state index in [2.05, 4.69) is 11.4 Å². The highest BCUT2D eigenvalue weighted by Gasteiger charge is 2.12. The van der Waals surface area contributed by atoms with Gasteiger partial charge in [0.1, 0.15) is 0 Å². The molecule has 0 fully saturated rings. The molecule has 0 atom stereocenters. The van der Waals surface area contributed by atoms with E-state index in [9.17, 15) is 10.1 Å². The van der Waals surface area contributed by atoms with E-state index in [1.807, 2.05) is 24.9 Å². The second kappa shape index (κ2) is 7.21. The van der Waals surface area contributed by atoms with Gasteiger partial charge in [0, 0.05) is 43.6 Å². The second-order valence-corrected chi connectivity index (χ2v) is 4.25. The number of non-ortho nitro benzene ring substituents is 1. The number of nitrogens with zero attached hydrogens (tertiary/aromatic N) is 3. The van der Waals surface area contributed by atoms with Gasteiger partial charge in [0.25, 0.3) is 5.69 Å². The van der Waals surface area contributed by atoms with Crippen molar-refractivity contribution in [1.29, 1.82) is 5.26 Å². The zero-order valence-corrected chi connectivity index (χ0v) is 11.2. The first kappa shape index (κ1) is 14.8. The molecule has 1 rings (SSSR count). The lowest BCUT2D eigenvalue weighted by Crippen LogP contribution is -2.18. The van der Waals surface area contributed by atoms with Gasteiger partial charge in [-0.1, -0.05) is 6.92 Å². The number of benzene rings is 1. The smallest absolute Gasteiger partial charge is 0.273 e. The van der Waals surface area contributed by atoms with E-state index in [1.54, 1.807) is 0 Å². The van der Waals surface area contributed by atoms with Crippen molar-refractivity contribution in [3.63, 3.8) is 0 Å². The van der Waals surface area contributed by atoms with Gasteiger partial charge >= 0.3 is 0 Å². The molecule has 0 aliphatic carbocycles. The second-order valence-electron chi connectivity index (χ2n) is 4.25. The van der Waals surface area contributed by atoms with Crippen LogP contribution in [-0.4, -0.2) is 25.1 Å². The number of nitriles is 1. The fourth-order valence-corrected chi connectivity index (χ4v) is 1.64. The minimum Gasteiger partial charge on any atom is -0.385 e. The Morgan fingerprint density at radius 2 is 2.21 bits per heavy atom. The van der Waals surface area contributed by atoms with Crippen LogP contribution in [0.15, 0.2) is 18.2 Å². The van der Waals surface area contributed by atoms with Crippen molar-refractivity contribution in [2.45, 2.75) is 19.8 Å². The molecule has 0 saturated heterocycles. The maximum atomic E-state index is 10.9. The van der Waals surface area contributed by atoms with Crippen molar-refractivity contribution in [3.05, 3.63) is 28.3 Å². The Bertz CT molecular complexity index is 482. The average molecular weight is 262 g/mol.